The van der Waals surface area contributed by atoms with Crippen molar-refractivity contribution in [2.24, 2.45) is 10.5 Å². The summed E-state index contributed by atoms with van der Waals surface area (Å²) >= 11 is 0. The van der Waals surface area contributed by atoms with E-state index in [0.29, 0.717) is 12.1 Å². The number of carbonyl (C=O) groups is 1. The Bertz CT molecular complexity index is 745. The van der Waals surface area contributed by atoms with Gasteiger partial charge in [0.1, 0.15) is 5.82 Å². The molecule has 0 unspecified atom stereocenters. The first kappa shape index (κ1) is 12.8. The number of halogens is 1. The fourth-order valence-electron chi connectivity index (χ4n) is 2.44. The molecule has 6 heteroatoms. The number of fused-ring (bicyclic) bond motifs is 1. The molecule has 2 aromatic rings. The number of nitrogens with zero attached hydrogens (tertiary/aromatic N) is 3. The molecule has 0 fully saturated rings. The molecular formula is C14H15FN4O. The van der Waals surface area contributed by atoms with Crippen LogP contribution in [-0.2, 0) is 11.2 Å². The number of amides is 1. The van der Waals surface area contributed by atoms with Crippen molar-refractivity contribution >= 4 is 17.1 Å². The molecule has 0 saturated carbocycles. The van der Waals surface area contributed by atoms with Crippen molar-refractivity contribution < 1.29 is 9.18 Å². The molecule has 1 N–H and O–H groups in total. The quantitative estimate of drug-likeness (QED) is 0.909. The minimum atomic E-state index is -0.720. The summed E-state index contributed by atoms with van der Waals surface area (Å²) in [6.07, 6.45) is 2.01. The van der Waals surface area contributed by atoms with E-state index in [9.17, 15) is 9.18 Å². The SMILES string of the molecule is CCc1nn2cc(F)ccc2c1C1=NNC(=O)C1(C)C. The summed E-state index contributed by atoms with van der Waals surface area (Å²) in [6, 6.07) is 3.05. The number of rotatable bonds is 2. The number of aromatic nitrogens is 2. The second-order valence-corrected chi connectivity index (χ2v) is 5.38. The van der Waals surface area contributed by atoms with E-state index in [2.05, 4.69) is 15.6 Å². The topological polar surface area (TPSA) is 58.8 Å². The van der Waals surface area contributed by atoms with Crippen LogP contribution < -0.4 is 5.43 Å². The molecule has 3 rings (SSSR count). The maximum atomic E-state index is 13.3. The van der Waals surface area contributed by atoms with Crippen molar-refractivity contribution in [1.29, 1.82) is 0 Å². The lowest BCUT2D eigenvalue weighted by molar-refractivity contribution is -0.125. The largest absolute Gasteiger partial charge is 0.272 e. The third kappa shape index (κ3) is 1.64. The Labute approximate surface area is 115 Å². The van der Waals surface area contributed by atoms with E-state index < -0.39 is 5.41 Å². The molecule has 5 nitrogen and oxygen atoms in total. The van der Waals surface area contributed by atoms with E-state index in [1.165, 1.54) is 16.8 Å². The fraction of sp³-hybridized carbons (Fsp3) is 0.357. The van der Waals surface area contributed by atoms with Crippen LogP contribution in [0.1, 0.15) is 32.0 Å². The van der Waals surface area contributed by atoms with Crippen LogP contribution in [0.5, 0.6) is 0 Å². The maximum Gasteiger partial charge on any atom is 0.251 e. The molecule has 0 bridgehead atoms. The molecule has 0 atom stereocenters. The van der Waals surface area contributed by atoms with Crippen molar-refractivity contribution in [2.75, 3.05) is 0 Å². The van der Waals surface area contributed by atoms with Crippen LogP contribution in [0, 0.1) is 11.2 Å². The second-order valence-electron chi connectivity index (χ2n) is 5.38. The summed E-state index contributed by atoms with van der Waals surface area (Å²) < 4.78 is 14.8. The molecule has 0 radical (unpaired) electrons. The lowest BCUT2D eigenvalue weighted by Crippen LogP contribution is -2.32. The van der Waals surface area contributed by atoms with Gasteiger partial charge in [0.15, 0.2) is 0 Å². The average molecular weight is 274 g/mol. The monoisotopic (exact) mass is 274 g/mol. The molecule has 1 amide bonds. The summed E-state index contributed by atoms with van der Waals surface area (Å²) in [4.78, 5) is 11.9. The summed E-state index contributed by atoms with van der Waals surface area (Å²) in [5.41, 5.74) is 4.82. The molecule has 0 aromatic carbocycles. The van der Waals surface area contributed by atoms with Gasteiger partial charge in [-0.05, 0) is 32.4 Å². The third-order valence-electron chi connectivity index (χ3n) is 3.67. The minimum Gasteiger partial charge on any atom is -0.272 e. The number of aryl methyl sites for hydroxylation is 1. The lowest BCUT2D eigenvalue weighted by atomic mass is 9.83. The summed E-state index contributed by atoms with van der Waals surface area (Å²) in [7, 11) is 0. The van der Waals surface area contributed by atoms with Gasteiger partial charge in [-0.2, -0.15) is 10.2 Å². The number of hydrazone groups is 1. The number of carbonyl (C=O) groups excluding carboxylic acids is 1. The molecule has 20 heavy (non-hydrogen) atoms. The van der Waals surface area contributed by atoms with Crippen LogP contribution in [0.3, 0.4) is 0 Å². The zero-order chi connectivity index (χ0) is 14.5. The highest BCUT2D eigenvalue weighted by molar-refractivity contribution is 6.22. The third-order valence-corrected chi connectivity index (χ3v) is 3.67. The Kier molecular flexibility index (Phi) is 2.64. The standard InChI is InChI=1S/C14H15FN4O/c1-4-9-11(12-14(2,3)13(20)17-16-12)10-6-5-8(15)7-19(10)18-9/h5-7H,4H2,1-3H3,(H,17,20). The number of pyridine rings is 1. The highest BCUT2D eigenvalue weighted by Crippen LogP contribution is 2.31. The summed E-state index contributed by atoms with van der Waals surface area (Å²) in [5.74, 6) is -0.493. The van der Waals surface area contributed by atoms with Gasteiger partial charge in [-0.1, -0.05) is 6.92 Å². The van der Waals surface area contributed by atoms with Crippen LogP contribution in [-0.4, -0.2) is 21.2 Å². The number of nitrogens with one attached hydrogen (secondary N) is 1. The molecule has 0 saturated heterocycles. The molecule has 0 spiro atoms. The predicted octanol–water partition coefficient (Wildman–Crippen LogP) is 1.90. The van der Waals surface area contributed by atoms with E-state index in [1.54, 1.807) is 6.07 Å². The highest BCUT2D eigenvalue weighted by Gasteiger charge is 2.41. The Morgan fingerprint density at radius 3 is 2.75 bits per heavy atom. The lowest BCUT2D eigenvalue weighted by Gasteiger charge is -2.16. The van der Waals surface area contributed by atoms with Crippen LogP contribution in [0.4, 0.5) is 4.39 Å². The van der Waals surface area contributed by atoms with Crippen molar-refractivity contribution in [3.63, 3.8) is 0 Å². The van der Waals surface area contributed by atoms with Crippen LogP contribution in [0.2, 0.25) is 0 Å². The van der Waals surface area contributed by atoms with Crippen molar-refractivity contribution in [3.8, 4) is 0 Å². The molecule has 104 valence electrons. The van der Waals surface area contributed by atoms with Gasteiger partial charge < -0.3 is 0 Å². The van der Waals surface area contributed by atoms with Crippen LogP contribution in [0.25, 0.3) is 5.52 Å². The van der Waals surface area contributed by atoms with Gasteiger partial charge in [0.25, 0.3) is 5.91 Å². The van der Waals surface area contributed by atoms with Crippen molar-refractivity contribution in [1.82, 2.24) is 15.0 Å². The minimum absolute atomic E-state index is 0.143. The fourth-order valence-corrected chi connectivity index (χ4v) is 2.44. The first-order chi connectivity index (χ1) is 9.45. The van der Waals surface area contributed by atoms with E-state index in [0.717, 1.165) is 16.8 Å². The van der Waals surface area contributed by atoms with Gasteiger partial charge in [0.05, 0.1) is 28.5 Å². The zero-order valence-electron chi connectivity index (χ0n) is 11.6. The van der Waals surface area contributed by atoms with E-state index >= 15 is 0 Å². The normalized spacial score (nSPS) is 17.4. The Morgan fingerprint density at radius 2 is 2.15 bits per heavy atom. The van der Waals surface area contributed by atoms with Gasteiger partial charge in [-0.15, -0.1) is 0 Å². The Morgan fingerprint density at radius 1 is 1.40 bits per heavy atom. The average Bonchev–Trinajstić information content (AvgIpc) is 2.87. The van der Waals surface area contributed by atoms with Gasteiger partial charge in [0, 0.05) is 5.56 Å². The van der Waals surface area contributed by atoms with Crippen LogP contribution in [0.15, 0.2) is 23.4 Å². The highest BCUT2D eigenvalue weighted by atomic mass is 19.1. The summed E-state index contributed by atoms with van der Waals surface area (Å²) in [6.45, 7) is 5.61. The molecule has 1 aliphatic rings. The Balaban J connectivity index is 2.28. The smallest absolute Gasteiger partial charge is 0.251 e. The van der Waals surface area contributed by atoms with E-state index in [4.69, 9.17) is 0 Å². The van der Waals surface area contributed by atoms with E-state index in [-0.39, 0.29) is 11.7 Å². The Hall–Kier alpha value is -2.24. The molecular weight excluding hydrogens is 259 g/mol. The number of hydrogen-bond acceptors (Lipinski definition) is 3. The van der Waals surface area contributed by atoms with Gasteiger partial charge >= 0.3 is 0 Å². The van der Waals surface area contributed by atoms with Gasteiger partial charge in [-0.25, -0.2) is 14.3 Å². The molecule has 2 aromatic heterocycles. The van der Waals surface area contributed by atoms with Gasteiger partial charge in [0.2, 0.25) is 0 Å². The van der Waals surface area contributed by atoms with Crippen molar-refractivity contribution in [3.05, 3.63) is 35.4 Å². The number of hydrogen-bond donors (Lipinski definition) is 1. The van der Waals surface area contributed by atoms with E-state index in [1.807, 2.05) is 20.8 Å². The first-order valence-corrected chi connectivity index (χ1v) is 6.51. The predicted molar refractivity (Wildman–Crippen MR) is 73.0 cm³/mol. The zero-order valence-corrected chi connectivity index (χ0v) is 11.6. The second kappa shape index (κ2) is 4.13. The first-order valence-electron chi connectivity index (χ1n) is 6.51. The van der Waals surface area contributed by atoms with Gasteiger partial charge in [-0.3, -0.25) is 4.79 Å². The molecule has 1 aliphatic heterocycles. The van der Waals surface area contributed by atoms with Crippen molar-refractivity contribution in [2.45, 2.75) is 27.2 Å². The molecule has 0 aliphatic carbocycles. The van der Waals surface area contributed by atoms with Crippen LogP contribution >= 0.6 is 0 Å². The molecule has 3 heterocycles. The summed E-state index contributed by atoms with van der Waals surface area (Å²) in [5, 5.41) is 8.55. The maximum absolute atomic E-state index is 13.3.